The zero-order valence-corrected chi connectivity index (χ0v) is 12.8. The Balaban J connectivity index is 2.24. The molecule has 0 aliphatic rings. The summed E-state index contributed by atoms with van der Waals surface area (Å²) in [6.45, 7) is 9.32. The third kappa shape index (κ3) is 3.10. The molecule has 0 amide bonds. The minimum Gasteiger partial charge on any atom is -0.388 e. The van der Waals surface area contributed by atoms with Crippen molar-refractivity contribution >= 4 is 0 Å². The molecule has 1 aromatic heterocycles. The van der Waals surface area contributed by atoms with E-state index in [1.807, 2.05) is 12.4 Å². The lowest BCUT2D eigenvalue weighted by Crippen LogP contribution is -2.11. The van der Waals surface area contributed by atoms with Gasteiger partial charge in [0.15, 0.2) is 0 Å². The van der Waals surface area contributed by atoms with E-state index in [9.17, 15) is 5.11 Å². The highest BCUT2D eigenvalue weighted by Gasteiger charge is 2.16. The molecule has 3 nitrogen and oxygen atoms in total. The minimum absolute atomic E-state index is 0.492. The van der Waals surface area contributed by atoms with Crippen molar-refractivity contribution in [3.8, 4) is 0 Å². The zero-order chi connectivity index (χ0) is 14.7. The Morgan fingerprint density at radius 3 is 2.45 bits per heavy atom. The van der Waals surface area contributed by atoms with Gasteiger partial charge in [0.1, 0.15) is 5.82 Å². The maximum atomic E-state index is 10.6. The molecule has 0 spiro atoms. The second-order valence-corrected chi connectivity index (χ2v) is 5.57. The van der Waals surface area contributed by atoms with Crippen LogP contribution in [0.15, 0.2) is 24.5 Å². The van der Waals surface area contributed by atoms with Crippen molar-refractivity contribution in [2.75, 3.05) is 0 Å². The van der Waals surface area contributed by atoms with E-state index >= 15 is 0 Å². The molecule has 3 heteroatoms. The van der Waals surface area contributed by atoms with Gasteiger partial charge in [0, 0.05) is 25.4 Å². The van der Waals surface area contributed by atoms with E-state index in [0.29, 0.717) is 6.42 Å². The maximum absolute atomic E-state index is 10.6. The van der Waals surface area contributed by atoms with Gasteiger partial charge in [-0.1, -0.05) is 24.6 Å². The summed E-state index contributed by atoms with van der Waals surface area (Å²) >= 11 is 0. The quantitative estimate of drug-likeness (QED) is 0.904. The first-order valence-electron chi connectivity index (χ1n) is 7.28. The van der Waals surface area contributed by atoms with E-state index in [-0.39, 0.29) is 0 Å². The Morgan fingerprint density at radius 1 is 1.20 bits per heavy atom. The number of imidazole rings is 1. The van der Waals surface area contributed by atoms with Crippen LogP contribution >= 0.6 is 0 Å². The molecule has 1 unspecified atom stereocenters. The van der Waals surface area contributed by atoms with Crippen LogP contribution in [0.2, 0.25) is 0 Å². The molecule has 0 aliphatic heterocycles. The second-order valence-electron chi connectivity index (χ2n) is 5.57. The van der Waals surface area contributed by atoms with Crippen LogP contribution in [-0.4, -0.2) is 14.7 Å². The average Bonchev–Trinajstić information content (AvgIpc) is 2.75. The number of rotatable bonds is 5. The standard InChI is InChI=1S/C17H24N2O/c1-5-7-19-8-6-18-16(19)11-15(20)17-13(3)9-12(2)10-14(17)4/h6,8-10,15,20H,5,7,11H2,1-4H3. The van der Waals surface area contributed by atoms with Gasteiger partial charge in [-0.15, -0.1) is 0 Å². The normalized spacial score (nSPS) is 12.7. The molecule has 0 aliphatic carbocycles. The van der Waals surface area contributed by atoms with Gasteiger partial charge in [0.2, 0.25) is 0 Å². The Morgan fingerprint density at radius 2 is 1.85 bits per heavy atom. The van der Waals surface area contributed by atoms with E-state index in [1.54, 1.807) is 0 Å². The molecule has 0 radical (unpaired) electrons. The number of aromatic nitrogens is 2. The Labute approximate surface area is 121 Å². The smallest absolute Gasteiger partial charge is 0.111 e. The molecule has 0 saturated heterocycles. The van der Waals surface area contributed by atoms with E-state index in [0.717, 1.165) is 35.5 Å². The monoisotopic (exact) mass is 272 g/mol. The number of aryl methyl sites for hydroxylation is 4. The summed E-state index contributed by atoms with van der Waals surface area (Å²) < 4.78 is 2.13. The van der Waals surface area contributed by atoms with Crippen LogP contribution in [0, 0.1) is 20.8 Å². The molecular formula is C17H24N2O. The number of nitrogens with zero attached hydrogens (tertiary/aromatic N) is 2. The van der Waals surface area contributed by atoms with Gasteiger partial charge in [0.25, 0.3) is 0 Å². The molecule has 108 valence electrons. The summed E-state index contributed by atoms with van der Waals surface area (Å²) in [7, 11) is 0. The second kappa shape index (κ2) is 6.23. The summed E-state index contributed by atoms with van der Waals surface area (Å²) in [5.74, 6) is 0.957. The van der Waals surface area contributed by atoms with Crippen molar-refractivity contribution in [2.45, 2.75) is 53.2 Å². The predicted octanol–water partition coefficient (Wildman–Crippen LogP) is 3.49. The van der Waals surface area contributed by atoms with Crippen molar-refractivity contribution in [3.05, 3.63) is 52.6 Å². The van der Waals surface area contributed by atoms with Crippen LogP contribution in [-0.2, 0) is 13.0 Å². The van der Waals surface area contributed by atoms with Gasteiger partial charge in [-0.25, -0.2) is 4.98 Å². The van der Waals surface area contributed by atoms with Crippen LogP contribution in [0.25, 0.3) is 0 Å². The summed E-state index contributed by atoms with van der Waals surface area (Å²) in [6, 6.07) is 4.26. The van der Waals surface area contributed by atoms with Crippen molar-refractivity contribution in [1.82, 2.24) is 9.55 Å². The fraction of sp³-hybridized carbons (Fsp3) is 0.471. The van der Waals surface area contributed by atoms with Crippen LogP contribution in [0.3, 0.4) is 0 Å². The summed E-state index contributed by atoms with van der Waals surface area (Å²) in [6.07, 6.45) is 4.95. The molecular weight excluding hydrogens is 248 g/mol. The highest BCUT2D eigenvalue weighted by Crippen LogP contribution is 2.26. The van der Waals surface area contributed by atoms with Gasteiger partial charge in [0.05, 0.1) is 6.10 Å². The number of benzene rings is 1. The zero-order valence-electron chi connectivity index (χ0n) is 12.8. The van der Waals surface area contributed by atoms with Gasteiger partial charge >= 0.3 is 0 Å². The summed E-state index contributed by atoms with van der Waals surface area (Å²) in [4.78, 5) is 4.38. The molecule has 20 heavy (non-hydrogen) atoms. The highest BCUT2D eigenvalue weighted by molar-refractivity contribution is 5.39. The third-order valence-corrected chi connectivity index (χ3v) is 3.71. The molecule has 1 heterocycles. The van der Waals surface area contributed by atoms with Gasteiger partial charge in [-0.3, -0.25) is 0 Å². The molecule has 0 bridgehead atoms. The van der Waals surface area contributed by atoms with E-state index in [1.165, 1.54) is 5.56 Å². The fourth-order valence-electron chi connectivity index (χ4n) is 2.97. The first kappa shape index (κ1) is 14.8. The Bertz CT molecular complexity index is 563. The molecule has 2 rings (SSSR count). The van der Waals surface area contributed by atoms with Gasteiger partial charge < -0.3 is 9.67 Å². The Kier molecular flexibility index (Phi) is 4.61. The first-order chi connectivity index (χ1) is 9.52. The van der Waals surface area contributed by atoms with Crippen LogP contribution < -0.4 is 0 Å². The van der Waals surface area contributed by atoms with Crippen molar-refractivity contribution in [1.29, 1.82) is 0 Å². The third-order valence-electron chi connectivity index (χ3n) is 3.71. The van der Waals surface area contributed by atoms with Crippen molar-refractivity contribution < 1.29 is 5.11 Å². The van der Waals surface area contributed by atoms with Gasteiger partial charge in [-0.2, -0.15) is 0 Å². The average molecular weight is 272 g/mol. The summed E-state index contributed by atoms with van der Waals surface area (Å²) in [5, 5.41) is 10.6. The van der Waals surface area contributed by atoms with Crippen molar-refractivity contribution in [3.63, 3.8) is 0 Å². The molecule has 1 N–H and O–H groups in total. The Hall–Kier alpha value is -1.61. The predicted molar refractivity (Wildman–Crippen MR) is 81.8 cm³/mol. The van der Waals surface area contributed by atoms with E-state index < -0.39 is 6.10 Å². The lowest BCUT2D eigenvalue weighted by atomic mass is 9.94. The number of aliphatic hydroxyl groups is 1. The van der Waals surface area contributed by atoms with Crippen LogP contribution in [0.4, 0.5) is 0 Å². The minimum atomic E-state index is -0.492. The van der Waals surface area contributed by atoms with Crippen LogP contribution in [0.5, 0.6) is 0 Å². The molecule has 1 atom stereocenters. The molecule has 0 saturated carbocycles. The molecule has 2 aromatic rings. The van der Waals surface area contributed by atoms with Crippen molar-refractivity contribution in [2.24, 2.45) is 0 Å². The topological polar surface area (TPSA) is 38.0 Å². The largest absolute Gasteiger partial charge is 0.388 e. The lowest BCUT2D eigenvalue weighted by molar-refractivity contribution is 0.173. The molecule has 0 fully saturated rings. The number of aliphatic hydroxyl groups excluding tert-OH is 1. The summed E-state index contributed by atoms with van der Waals surface area (Å²) in [5.41, 5.74) is 4.59. The SMILES string of the molecule is CCCn1ccnc1CC(O)c1c(C)cc(C)cc1C. The molecule has 1 aromatic carbocycles. The number of hydrogen-bond acceptors (Lipinski definition) is 2. The number of hydrogen-bond donors (Lipinski definition) is 1. The maximum Gasteiger partial charge on any atom is 0.111 e. The fourth-order valence-corrected chi connectivity index (χ4v) is 2.97. The van der Waals surface area contributed by atoms with Gasteiger partial charge in [-0.05, 0) is 43.9 Å². The first-order valence-corrected chi connectivity index (χ1v) is 7.28. The van der Waals surface area contributed by atoms with E-state index in [4.69, 9.17) is 0 Å². The van der Waals surface area contributed by atoms with Crippen LogP contribution in [0.1, 0.15) is 47.5 Å². The van der Waals surface area contributed by atoms with E-state index in [2.05, 4.69) is 49.4 Å². The lowest BCUT2D eigenvalue weighted by Gasteiger charge is -2.18. The highest BCUT2D eigenvalue weighted by atomic mass is 16.3.